The first kappa shape index (κ1) is 26.1. The molecule has 2 aliphatic heterocycles. The molecule has 4 atom stereocenters. The number of fused-ring (bicyclic) bond motifs is 3. The zero-order valence-electron chi connectivity index (χ0n) is 23.8. The van der Waals surface area contributed by atoms with E-state index in [4.69, 9.17) is 4.98 Å². The topological polar surface area (TPSA) is 53.5 Å². The van der Waals surface area contributed by atoms with Gasteiger partial charge in [0.2, 0.25) is 11.8 Å². The van der Waals surface area contributed by atoms with Crippen molar-refractivity contribution in [3.05, 3.63) is 70.6 Å². The molecule has 0 bridgehead atoms. The lowest BCUT2D eigenvalue weighted by Crippen LogP contribution is -2.43. The zero-order valence-corrected chi connectivity index (χ0v) is 23.8. The molecule has 2 unspecified atom stereocenters. The highest BCUT2D eigenvalue weighted by atomic mass is 16.2. The van der Waals surface area contributed by atoms with E-state index in [0.717, 1.165) is 77.4 Å². The van der Waals surface area contributed by atoms with E-state index >= 15 is 0 Å². The molecule has 5 aliphatic rings. The van der Waals surface area contributed by atoms with Crippen LogP contribution in [0.4, 0.5) is 0 Å². The molecule has 0 radical (unpaired) electrons. The summed E-state index contributed by atoms with van der Waals surface area (Å²) in [6.45, 7) is 3.93. The van der Waals surface area contributed by atoms with Gasteiger partial charge < -0.3 is 4.90 Å². The monoisotopic (exact) mass is 537 g/mol. The van der Waals surface area contributed by atoms with Gasteiger partial charge in [-0.25, -0.2) is 0 Å². The summed E-state index contributed by atoms with van der Waals surface area (Å²) >= 11 is 0. The van der Waals surface area contributed by atoms with E-state index in [2.05, 4.69) is 41.3 Å². The van der Waals surface area contributed by atoms with E-state index in [-0.39, 0.29) is 23.7 Å². The van der Waals surface area contributed by atoms with Crippen LogP contribution in [0.1, 0.15) is 86.6 Å². The number of hydrogen-bond acceptors (Lipinski definition) is 4. The first-order valence-corrected chi connectivity index (χ1v) is 16.0. The highest BCUT2D eigenvalue weighted by Gasteiger charge is 2.49. The van der Waals surface area contributed by atoms with Crippen molar-refractivity contribution in [1.29, 1.82) is 0 Å². The van der Waals surface area contributed by atoms with Crippen LogP contribution in [0.2, 0.25) is 0 Å². The Kier molecular flexibility index (Phi) is 7.34. The molecule has 0 N–H and O–H groups in total. The molecule has 3 aliphatic carbocycles. The summed E-state index contributed by atoms with van der Waals surface area (Å²) in [5, 5.41) is 0. The lowest BCUT2D eigenvalue weighted by atomic mass is 9.78. The summed E-state index contributed by atoms with van der Waals surface area (Å²) in [5.41, 5.74) is 8.36. The third kappa shape index (κ3) is 4.85. The number of nitrogens with zero attached hydrogens (tertiary/aromatic N) is 3. The Labute approximate surface area is 239 Å². The molecule has 1 aromatic heterocycles. The largest absolute Gasteiger partial charge is 0.302 e. The van der Waals surface area contributed by atoms with Gasteiger partial charge in [0.25, 0.3) is 0 Å². The van der Waals surface area contributed by atoms with Crippen molar-refractivity contribution in [2.45, 2.75) is 77.0 Å². The van der Waals surface area contributed by atoms with E-state index < -0.39 is 0 Å². The number of aryl methyl sites for hydroxylation is 2. The van der Waals surface area contributed by atoms with Crippen molar-refractivity contribution < 1.29 is 9.59 Å². The number of rotatable bonds is 4. The fourth-order valence-corrected chi connectivity index (χ4v) is 8.60. The van der Waals surface area contributed by atoms with Gasteiger partial charge in [-0.05, 0) is 86.0 Å². The van der Waals surface area contributed by atoms with E-state index in [1.54, 1.807) is 10.5 Å². The van der Waals surface area contributed by atoms with E-state index in [0.29, 0.717) is 18.4 Å². The van der Waals surface area contributed by atoms with Crippen molar-refractivity contribution in [3.63, 3.8) is 0 Å². The van der Waals surface area contributed by atoms with Crippen LogP contribution in [0.15, 0.2) is 48.2 Å². The van der Waals surface area contributed by atoms with Gasteiger partial charge in [-0.2, -0.15) is 0 Å². The highest BCUT2D eigenvalue weighted by Crippen LogP contribution is 2.41. The molecular formula is C35H43N3O2. The predicted octanol–water partition coefficient (Wildman–Crippen LogP) is 6.06. The van der Waals surface area contributed by atoms with Crippen molar-refractivity contribution >= 4 is 17.4 Å². The fourth-order valence-electron chi connectivity index (χ4n) is 8.60. The average Bonchev–Trinajstić information content (AvgIpc) is 3.13. The van der Waals surface area contributed by atoms with Crippen LogP contribution in [0.25, 0.3) is 5.57 Å². The molecule has 5 heteroatoms. The molecule has 40 heavy (non-hydrogen) atoms. The molecular weight excluding hydrogens is 494 g/mol. The van der Waals surface area contributed by atoms with Crippen molar-refractivity contribution in [2.24, 2.45) is 23.7 Å². The number of amides is 2. The van der Waals surface area contributed by atoms with Crippen molar-refractivity contribution in [1.82, 2.24) is 14.8 Å². The number of imide groups is 1. The molecule has 210 valence electrons. The summed E-state index contributed by atoms with van der Waals surface area (Å²) in [5.74, 6) is 1.27. The maximum atomic E-state index is 13.2. The maximum Gasteiger partial charge on any atom is 0.233 e. The van der Waals surface area contributed by atoms with Crippen LogP contribution in [-0.4, -0.2) is 52.8 Å². The third-order valence-corrected chi connectivity index (χ3v) is 10.8. The second kappa shape index (κ2) is 11.2. The Morgan fingerprint density at radius 3 is 2.08 bits per heavy atom. The van der Waals surface area contributed by atoms with Gasteiger partial charge >= 0.3 is 0 Å². The molecule has 2 saturated carbocycles. The summed E-state index contributed by atoms with van der Waals surface area (Å²) in [6.07, 6.45) is 15.2. The van der Waals surface area contributed by atoms with Gasteiger partial charge in [0, 0.05) is 37.9 Å². The number of hydrogen-bond donors (Lipinski definition) is 0. The minimum absolute atomic E-state index is 0.0226. The maximum absolute atomic E-state index is 13.2. The van der Waals surface area contributed by atoms with Crippen LogP contribution in [0.5, 0.6) is 0 Å². The fraction of sp³-hybridized carbons (Fsp3) is 0.571. The number of carbonyl (C=O) groups excluding carboxylic acids is 2. The van der Waals surface area contributed by atoms with Crippen molar-refractivity contribution in [3.8, 4) is 0 Å². The highest BCUT2D eigenvalue weighted by molar-refractivity contribution is 6.05. The molecule has 2 saturated heterocycles. The number of aromatic nitrogens is 1. The minimum Gasteiger partial charge on any atom is -0.302 e. The molecule has 5 nitrogen and oxygen atoms in total. The molecule has 2 amide bonds. The van der Waals surface area contributed by atoms with E-state index in [1.165, 1.54) is 47.2 Å². The normalized spacial score (nSPS) is 29.1. The number of likely N-dealkylation sites (tertiary alicyclic amines) is 2. The first-order valence-electron chi connectivity index (χ1n) is 16.0. The first-order chi connectivity index (χ1) is 19.7. The zero-order chi connectivity index (χ0) is 27.1. The number of pyridine rings is 1. The Bertz CT molecular complexity index is 1230. The summed E-state index contributed by atoms with van der Waals surface area (Å²) in [6, 6.07) is 13.3. The number of piperidine rings is 1. The van der Waals surface area contributed by atoms with E-state index in [1.807, 2.05) is 6.20 Å². The molecule has 4 fully saturated rings. The van der Waals surface area contributed by atoms with E-state index in [9.17, 15) is 9.59 Å². The van der Waals surface area contributed by atoms with Crippen LogP contribution in [0.3, 0.4) is 0 Å². The lowest BCUT2D eigenvalue weighted by molar-refractivity contribution is -0.141. The average molecular weight is 538 g/mol. The Balaban J connectivity index is 1.06. The van der Waals surface area contributed by atoms with Crippen molar-refractivity contribution in [2.75, 3.05) is 26.2 Å². The van der Waals surface area contributed by atoms with Crippen LogP contribution in [0, 0.1) is 23.7 Å². The standard InChI is InChI=1S/C35H43N3O2/c39-34-30-13-5-6-14-31(30)35(40)38(34)23-28-10-2-1-9-27(28)22-37-20-17-25(18-21-37)32-29-12-4-3-8-24(29)15-16-26-11-7-19-36-33(26)32/h3-4,7-8,11-12,19,27-28,30-31H,1-2,5-6,9-10,13-18,20-23H2/t27-,28-,30?,31?/m0/s1. The predicted molar refractivity (Wildman–Crippen MR) is 157 cm³/mol. The van der Waals surface area contributed by atoms with Gasteiger partial charge in [-0.15, -0.1) is 0 Å². The quantitative estimate of drug-likeness (QED) is 0.445. The Hall–Kier alpha value is -2.79. The Morgan fingerprint density at radius 1 is 0.700 bits per heavy atom. The SMILES string of the molecule is O=C1C2CCCCC2C(=O)N1C[C@@H]1CCCC[C@H]1CN1CCC(=C2c3ccccc3CCc3cccnc32)CC1. The molecule has 1 aromatic carbocycles. The van der Waals surface area contributed by atoms with Gasteiger partial charge in [-0.3, -0.25) is 19.5 Å². The minimum atomic E-state index is -0.0226. The summed E-state index contributed by atoms with van der Waals surface area (Å²) in [4.78, 5) is 35.7. The molecule has 7 rings (SSSR count). The van der Waals surface area contributed by atoms with Crippen LogP contribution >= 0.6 is 0 Å². The second-order valence-corrected chi connectivity index (χ2v) is 13.0. The lowest BCUT2D eigenvalue weighted by Gasteiger charge is -2.39. The van der Waals surface area contributed by atoms with Gasteiger partial charge in [0.1, 0.15) is 0 Å². The summed E-state index contributed by atoms with van der Waals surface area (Å²) in [7, 11) is 0. The van der Waals surface area contributed by atoms with Gasteiger partial charge in [0.05, 0.1) is 17.5 Å². The third-order valence-electron chi connectivity index (χ3n) is 10.8. The van der Waals surface area contributed by atoms with Gasteiger partial charge in [-0.1, -0.05) is 61.6 Å². The molecule has 3 heterocycles. The Morgan fingerprint density at radius 2 is 1.32 bits per heavy atom. The van der Waals surface area contributed by atoms with Crippen LogP contribution in [-0.2, 0) is 22.4 Å². The number of benzene rings is 1. The second-order valence-electron chi connectivity index (χ2n) is 13.0. The molecule has 0 spiro atoms. The van der Waals surface area contributed by atoms with Crippen LogP contribution < -0.4 is 0 Å². The smallest absolute Gasteiger partial charge is 0.233 e. The molecule has 2 aromatic rings. The number of carbonyl (C=O) groups is 2. The van der Waals surface area contributed by atoms with Gasteiger partial charge in [0.15, 0.2) is 0 Å². The summed E-state index contributed by atoms with van der Waals surface area (Å²) < 4.78 is 0.